The summed E-state index contributed by atoms with van der Waals surface area (Å²) < 4.78 is 5.24. The van der Waals surface area contributed by atoms with E-state index in [1.54, 1.807) is 7.11 Å². The number of methoxy groups -OCH3 is 1. The summed E-state index contributed by atoms with van der Waals surface area (Å²) in [5.41, 5.74) is 3.04. The fourth-order valence-electron chi connectivity index (χ4n) is 2.64. The van der Waals surface area contributed by atoms with Crippen molar-refractivity contribution in [1.82, 2.24) is 10.2 Å². The molecule has 1 atom stereocenters. The average molecular weight is 248 g/mol. The predicted octanol–water partition coefficient (Wildman–Crippen LogP) is 1.32. The highest BCUT2D eigenvalue weighted by molar-refractivity contribution is 5.28. The quantitative estimate of drug-likeness (QED) is 0.850. The highest BCUT2D eigenvalue weighted by Gasteiger charge is 2.16. The normalized spacial score (nSPS) is 18.1. The molecule has 0 amide bonds. The van der Waals surface area contributed by atoms with Crippen LogP contribution in [0, 0.1) is 0 Å². The van der Waals surface area contributed by atoms with Crippen LogP contribution in [0.25, 0.3) is 0 Å². The highest BCUT2D eigenvalue weighted by atomic mass is 16.5. The Morgan fingerprint density at radius 2 is 1.83 bits per heavy atom. The van der Waals surface area contributed by atoms with E-state index in [2.05, 4.69) is 34.5 Å². The van der Waals surface area contributed by atoms with Gasteiger partial charge in [-0.2, -0.15) is 0 Å². The average Bonchev–Trinajstić information content (AvgIpc) is 2.61. The summed E-state index contributed by atoms with van der Waals surface area (Å²) in [4.78, 5) is 2.54. The van der Waals surface area contributed by atoms with Gasteiger partial charge in [0.2, 0.25) is 0 Å². The first kappa shape index (κ1) is 13.5. The van der Waals surface area contributed by atoms with Crippen LogP contribution < -0.4 is 5.32 Å². The van der Waals surface area contributed by atoms with Crippen molar-refractivity contribution in [3.05, 3.63) is 35.4 Å². The van der Waals surface area contributed by atoms with E-state index in [1.165, 1.54) is 24.0 Å². The van der Waals surface area contributed by atoms with Gasteiger partial charge in [0.1, 0.15) is 0 Å². The van der Waals surface area contributed by atoms with E-state index in [-0.39, 0.29) is 0 Å². The Kier molecular flexibility index (Phi) is 5.17. The third kappa shape index (κ3) is 3.55. The Morgan fingerprint density at radius 1 is 1.22 bits per heavy atom. The van der Waals surface area contributed by atoms with Crippen LogP contribution in [-0.2, 0) is 17.6 Å². The molecule has 0 aromatic heterocycles. The molecule has 0 radical (unpaired) electrons. The molecular formula is C15H24N2O. The number of hydrogen-bond acceptors (Lipinski definition) is 3. The van der Waals surface area contributed by atoms with Crippen LogP contribution in [0.3, 0.4) is 0 Å². The molecule has 1 aliphatic rings. The van der Waals surface area contributed by atoms with Crippen molar-refractivity contribution in [2.75, 3.05) is 40.4 Å². The lowest BCUT2D eigenvalue weighted by Gasteiger charge is -2.25. The molecule has 1 N–H and O–H groups in total. The fourth-order valence-corrected chi connectivity index (χ4v) is 2.64. The molecule has 1 aliphatic heterocycles. The maximum absolute atomic E-state index is 5.24. The number of ether oxygens (including phenoxy) is 1. The number of likely N-dealkylation sites (N-methyl/N-ethyl adjacent to an activating group) is 1. The van der Waals surface area contributed by atoms with Gasteiger partial charge in [0, 0.05) is 32.8 Å². The number of benzene rings is 1. The van der Waals surface area contributed by atoms with E-state index >= 15 is 0 Å². The van der Waals surface area contributed by atoms with Crippen molar-refractivity contribution in [3.63, 3.8) is 0 Å². The molecule has 1 unspecified atom stereocenters. The molecule has 3 heteroatoms. The van der Waals surface area contributed by atoms with E-state index in [0.717, 1.165) is 26.2 Å². The molecular weight excluding hydrogens is 224 g/mol. The lowest BCUT2D eigenvalue weighted by Crippen LogP contribution is -2.43. The summed E-state index contributed by atoms with van der Waals surface area (Å²) in [5.74, 6) is 0. The minimum absolute atomic E-state index is 0.427. The fraction of sp³-hybridized carbons (Fsp3) is 0.600. The van der Waals surface area contributed by atoms with Gasteiger partial charge in [-0.25, -0.2) is 0 Å². The van der Waals surface area contributed by atoms with Gasteiger partial charge in [-0.05, 0) is 31.0 Å². The highest BCUT2D eigenvalue weighted by Crippen LogP contribution is 2.15. The van der Waals surface area contributed by atoms with Crippen LogP contribution in [0.4, 0.5) is 0 Å². The molecule has 0 fully saturated rings. The van der Waals surface area contributed by atoms with Crippen molar-refractivity contribution in [3.8, 4) is 0 Å². The van der Waals surface area contributed by atoms with Crippen molar-refractivity contribution in [2.45, 2.75) is 18.9 Å². The summed E-state index contributed by atoms with van der Waals surface area (Å²) >= 11 is 0. The molecule has 0 bridgehead atoms. The van der Waals surface area contributed by atoms with Gasteiger partial charge < -0.3 is 15.0 Å². The van der Waals surface area contributed by atoms with Gasteiger partial charge in [0.15, 0.2) is 0 Å². The number of nitrogens with zero attached hydrogens (tertiary/aromatic N) is 1. The second-order valence-electron chi connectivity index (χ2n) is 5.01. The zero-order chi connectivity index (χ0) is 12.8. The topological polar surface area (TPSA) is 24.5 Å². The van der Waals surface area contributed by atoms with Crippen molar-refractivity contribution in [2.24, 2.45) is 0 Å². The number of hydrogen-bond donors (Lipinski definition) is 1. The van der Waals surface area contributed by atoms with E-state index in [9.17, 15) is 0 Å². The molecule has 18 heavy (non-hydrogen) atoms. The Morgan fingerprint density at radius 3 is 2.33 bits per heavy atom. The van der Waals surface area contributed by atoms with Crippen LogP contribution >= 0.6 is 0 Å². The largest absolute Gasteiger partial charge is 0.383 e. The molecule has 1 aromatic carbocycles. The zero-order valence-electron chi connectivity index (χ0n) is 11.5. The first-order valence-electron chi connectivity index (χ1n) is 6.79. The molecule has 100 valence electrons. The van der Waals surface area contributed by atoms with Crippen molar-refractivity contribution in [1.29, 1.82) is 0 Å². The van der Waals surface area contributed by atoms with Crippen LogP contribution in [0.1, 0.15) is 11.1 Å². The summed E-state index contributed by atoms with van der Waals surface area (Å²) in [6, 6.07) is 9.26. The summed E-state index contributed by atoms with van der Waals surface area (Å²) in [6.07, 6.45) is 2.33. The molecule has 2 rings (SSSR count). The van der Waals surface area contributed by atoms with Crippen molar-refractivity contribution >= 4 is 0 Å². The molecule has 0 saturated carbocycles. The van der Waals surface area contributed by atoms with Gasteiger partial charge in [0.05, 0.1) is 6.61 Å². The minimum Gasteiger partial charge on any atom is -0.383 e. The Hall–Kier alpha value is -0.900. The second-order valence-corrected chi connectivity index (χ2v) is 5.01. The molecule has 3 nitrogen and oxygen atoms in total. The predicted molar refractivity (Wildman–Crippen MR) is 75.0 cm³/mol. The zero-order valence-corrected chi connectivity index (χ0v) is 11.5. The van der Waals surface area contributed by atoms with E-state index in [1.807, 2.05) is 7.05 Å². The van der Waals surface area contributed by atoms with Gasteiger partial charge in [-0.1, -0.05) is 24.3 Å². The van der Waals surface area contributed by atoms with Crippen LogP contribution in [-0.4, -0.2) is 51.3 Å². The van der Waals surface area contributed by atoms with Crippen LogP contribution in [0.2, 0.25) is 0 Å². The summed E-state index contributed by atoms with van der Waals surface area (Å²) in [6.45, 7) is 4.15. The first-order chi connectivity index (χ1) is 8.83. The smallest absolute Gasteiger partial charge is 0.0628 e. The third-order valence-electron chi connectivity index (χ3n) is 3.77. The maximum Gasteiger partial charge on any atom is 0.0628 e. The Bertz CT molecular complexity index is 340. The van der Waals surface area contributed by atoms with Gasteiger partial charge in [-0.3, -0.25) is 0 Å². The molecule has 1 aromatic rings. The Labute approximate surface area is 110 Å². The molecule has 0 aliphatic carbocycles. The van der Waals surface area contributed by atoms with Gasteiger partial charge >= 0.3 is 0 Å². The van der Waals surface area contributed by atoms with Crippen LogP contribution in [0.5, 0.6) is 0 Å². The molecule has 0 spiro atoms. The number of fused-ring (bicyclic) bond motifs is 1. The monoisotopic (exact) mass is 248 g/mol. The second kappa shape index (κ2) is 6.88. The lowest BCUT2D eigenvalue weighted by atomic mass is 10.0. The summed E-state index contributed by atoms with van der Waals surface area (Å²) in [7, 11) is 3.78. The van der Waals surface area contributed by atoms with Crippen molar-refractivity contribution < 1.29 is 4.74 Å². The maximum atomic E-state index is 5.24. The van der Waals surface area contributed by atoms with E-state index < -0.39 is 0 Å². The third-order valence-corrected chi connectivity index (χ3v) is 3.77. The number of rotatable bonds is 5. The first-order valence-corrected chi connectivity index (χ1v) is 6.79. The molecule has 0 saturated heterocycles. The van der Waals surface area contributed by atoms with Gasteiger partial charge in [-0.15, -0.1) is 0 Å². The summed E-state index contributed by atoms with van der Waals surface area (Å²) in [5, 5.41) is 3.33. The SMILES string of the molecule is CNC(COC)CN1CCc2ccccc2CC1. The van der Waals surface area contributed by atoms with E-state index in [4.69, 9.17) is 4.74 Å². The lowest BCUT2D eigenvalue weighted by molar-refractivity contribution is 0.143. The minimum atomic E-state index is 0.427. The van der Waals surface area contributed by atoms with Gasteiger partial charge in [0.25, 0.3) is 0 Å². The number of nitrogens with one attached hydrogen (secondary N) is 1. The Balaban J connectivity index is 1.91. The standard InChI is InChI=1S/C15H24N2O/c1-16-15(12-18-2)11-17-9-7-13-5-3-4-6-14(13)8-10-17/h3-6,15-16H,7-12H2,1-2H3. The van der Waals surface area contributed by atoms with Crippen LogP contribution in [0.15, 0.2) is 24.3 Å². The molecule has 1 heterocycles. The van der Waals surface area contributed by atoms with E-state index in [0.29, 0.717) is 6.04 Å².